The number of aryl methyl sites for hydroxylation is 1. The Morgan fingerprint density at radius 3 is 2.57 bits per heavy atom. The number of aromatic nitrogens is 2. The summed E-state index contributed by atoms with van der Waals surface area (Å²) in [5.74, 6) is 0.475. The molecule has 2 rings (SSSR count). The van der Waals surface area contributed by atoms with Crippen molar-refractivity contribution >= 4 is 5.91 Å². The molecule has 1 aromatic heterocycles. The van der Waals surface area contributed by atoms with E-state index in [2.05, 4.69) is 10.1 Å². The van der Waals surface area contributed by atoms with Crippen molar-refractivity contribution < 1.29 is 13.7 Å². The van der Waals surface area contributed by atoms with Gasteiger partial charge < -0.3 is 9.42 Å². The molecule has 0 spiro atoms. The zero-order valence-electron chi connectivity index (χ0n) is 13.8. The van der Waals surface area contributed by atoms with Crippen LogP contribution in [0.25, 0.3) is 0 Å². The molecule has 0 aliphatic rings. The average Bonchev–Trinajstić information content (AvgIpc) is 2.92. The SMILES string of the molecule is Cc1nc(CCN(C)C(=O)[C@@H](c2ccccc2F)N(C)C)no1. The van der Waals surface area contributed by atoms with Gasteiger partial charge in [0.25, 0.3) is 0 Å². The van der Waals surface area contributed by atoms with Gasteiger partial charge in [-0.25, -0.2) is 4.39 Å². The summed E-state index contributed by atoms with van der Waals surface area (Å²) in [7, 11) is 5.20. The number of benzene rings is 1. The number of nitrogens with zero attached hydrogens (tertiary/aromatic N) is 4. The molecule has 0 saturated carbocycles. The van der Waals surface area contributed by atoms with Gasteiger partial charge in [-0.3, -0.25) is 9.69 Å². The van der Waals surface area contributed by atoms with E-state index in [1.54, 1.807) is 56.1 Å². The predicted molar refractivity (Wildman–Crippen MR) is 83.2 cm³/mol. The smallest absolute Gasteiger partial charge is 0.244 e. The monoisotopic (exact) mass is 320 g/mol. The summed E-state index contributed by atoms with van der Waals surface area (Å²) in [5.41, 5.74) is 0.366. The highest BCUT2D eigenvalue weighted by molar-refractivity contribution is 5.83. The summed E-state index contributed by atoms with van der Waals surface area (Å²) in [6, 6.07) is 5.66. The Morgan fingerprint density at radius 1 is 1.30 bits per heavy atom. The first-order valence-corrected chi connectivity index (χ1v) is 7.35. The summed E-state index contributed by atoms with van der Waals surface area (Å²) in [6.45, 7) is 2.14. The molecule has 124 valence electrons. The molecule has 0 aliphatic carbocycles. The second-order valence-corrected chi connectivity index (χ2v) is 5.63. The number of amides is 1. The average molecular weight is 320 g/mol. The first kappa shape index (κ1) is 17.1. The van der Waals surface area contributed by atoms with Crippen molar-refractivity contribution in [1.82, 2.24) is 19.9 Å². The first-order chi connectivity index (χ1) is 10.9. The maximum atomic E-state index is 14.0. The summed E-state index contributed by atoms with van der Waals surface area (Å²) >= 11 is 0. The Bertz CT molecular complexity index is 672. The molecule has 0 bridgehead atoms. The summed E-state index contributed by atoms with van der Waals surface area (Å²) < 4.78 is 19.0. The van der Waals surface area contributed by atoms with Gasteiger partial charge in [0.1, 0.15) is 11.9 Å². The van der Waals surface area contributed by atoms with E-state index in [0.29, 0.717) is 30.2 Å². The van der Waals surface area contributed by atoms with Crippen molar-refractivity contribution in [3.8, 4) is 0 Å². The lowest BCUT2D eigenvalue weighted by Gasteiger charge is -2.28. The van der Waals surface area contributed by atoms with Crippen LogP contribution in [-0.2, 0) is 11.2 Å². The lowest BCUT2D eigenvalue weighted by atomic mass is 10.0. The van der Waals surface area contributed by atoms with E-state index in [-0.39, 0.29) is 11.7 Å². The van der Waals surface area contributed by atoms with Gasteiger partial charge in [0, 0.05) is 32.5 Å². The number of hydrogen-bond acceptors (Lipinski definition) is 5. The third-order valence-corrected chi connectivity index (χ3v) is 3.57. The maximum absolute atomic E-state index is 14.0. The Kier molecular flexibility index (Phi) is 5.44. The van der Waals surface area contributed by atoms with Gasteiger partial charge in [0.2, 0.25) is 11.8 Å². The van der Waals surface area contributed by atoms with Crippen LogP contribution in [0.1, 0.15) is 23.3 Å². The highest BCUT2D eigenvalue weighted by atomic mass is 19.1. The molecule has 1 heterocycles. The third kappa shape index (κ3) is 4.13. The molecule has 7 heteroatoms. The molecule has 2 aromatic rings. The lowest BCUT2D eigenvalue weighted by Crippen LogP contribution is -2.39. The minimum Gasteiger partial charge on any atom is -0.344 e. The molecule has 1 aromatic carbocycles. The molecule has 23 heavy (non-hydrogen) atoms. The van der Waals surface area contributed by atoms with E-state index in [9.17, 15) is 9.18 Å². The van der Waals surface area contributed by atoms with Crippen molar-refractivity contribution in [2.75, 3.05) is 27.7 Å². The molecule has 6 nitrogen and oxygen atoms in total. The fourth-order valence-electron chi connectivity index (χ4n) is 2.36. The first-order valence-electron chi connectivity index (χ1n) is 7.35. The minimum atomic E-state index is -0.673. The Hall–Kier alpha value is -2.28. The van der Waals surface area contributed by atoms with Gasteiger partial charge in [0.15, 0.2) is 5.82 Å². The van der Waals surface area contributed by atoms with Crippen molar-refractivity contribution in [3.05, 3.63) is 47.4 Å². The molecule has 0 aliphatic heterocycles. The summed E-state index contributed by atoms with van der Waals surface area (Å²) in [6.07, 6.45) is 0.483. The Morgan fingerprint density at radius 2 is 2.00 bits per heavy atom. The molecule has 0 saturated heterocycles. The second kappa shape index (κ2) is 7.32. The van der Waals surface area contributed by atoms with Crippen LogP contribution in [0.5, 0.6) is 0 Å². The highest BCUT2D eigenvalue weighted by Gasteiger charge is 2.28. The van der Waals surface area contributed by atoms with Crippen LogP contribution in [0.3, 0.4) is 0 Å². The topological polar surface area (TPSA) is 62.5 Å². The van der Waals surface area contributed by atoms with E-state index in [4.69, 9.17) is 4.52 Å². The normalized spacial score (nSPS) is 12.4. The largest absolute Gasteiger partial charge is 0.344 e. The molecular weight excluding hydrogens is 299 g/mol. The van der Waals surface area contributed by atoms with Gasteiger partial charge in [-0.1, -0.05) is 23.4 Å². The third-order valence-electron chi connectivity index (χ3n) is 3.57. The van der Waals surface area contributed by atoms with Gasteiger partial charge in [-0.15, -0.1) is 0 Å². The number of rotatable bonds is 6. The lowest BCUT2D eigenvalue weighted by molar-refractivity contribution is -0.135. The van der Waals surface area contributed by atoms with Crippen LogP contribution in [0.15, 0.2) is 28.8 Å². The van der Waals surface area contributed by atoms with E-state index >= 15 is 0 Å². The fourth-order valence-corrected chi connectivity index (χ4v) is 2.36. The number of hydrogen-bond donors (Lipinski definition) is 0. The molecular formula is C16H21FN4O2. The zero-order valence-corrected chi connectivity index (χ0v) is 13.8. The van der Waals surface area contributed by atoms with Crippen molar-refractivity contribution in [1.29, 1.82) is 0 Å². The van der Waals surface area contributed by atoms with Crippen molar-refractivity contribution in [3.63, 3.8) is 0 Å². The van der Waals surface area contributed by atoms with Gasteiger partial charge >= 0.3 is 0 Å². The van der Waals surface area contributed by atoms with Gasteiger partial charge in [0.05, 0.1) is 0 Å². The standard InChI is InChI=1S/C16H21FN4O2/c1-11-18-14(19-23-11)9-10-21(4)16(22)15(20(2)3)12-7-5-6-8-13(12)17/h5-8,15H,9-10H2,1-4H3/t15-/m1/s1. The van der Waals surface area contributed by atoms with Gasteiger partial charge in [-0.2, -0.15) is 4.98 Å². The highest BCUT2D eigenvalue weighted by Crippen LogP contribution is 2.23. The second-order valence-electron chi connectivity index (χ2n) is 5.63. The van der Waals surface area contributed by atoms with Crippen molar-refractivity contribution in [2.45, 2.75) is 19.4 Å². The quantitative estimate of drug-likeness (QED) is 0.812. The minimum absolute atomic E-state index is 0.180. The molecule has 1 atom stereocenters. The molecule has 1 amide bonds. The van der Waals surface area contributed by atoms with E-state index in [1.165, 1.54) is 6.07 Å². The van der Waals surface area contributed by atoms with Crippen LogP contribution in [0.4, 0.5) is 4.39 Å². The Balaban J connectivity index is 2.10. The molecule has 0 unspecified atom stereocenters. The number of carbonyl (C=O) groups is 1. The fraction of sp³-hybridized carbons (Fsp3) is 0.438. The van der Waals surface area contributed by atoms with Crippen LogP contribution < -0.4 is 0 Å². The molecule has 0 N–H and O–H groups in total. The number of halogens is 1. The van der Waals surface area contributed by atoms with Crippen LogP contribution in [0.2, 0.25) is 0 Å². The number of carbonyl (C=O) groups excluding carboxylic acids is 1. The van der Waals surface area contributed by atoms with Crippen LogP contribution in [0, 0.1) is 12.7 Å². The Labute approximate surface area is 134 Å². The van der Waals surface area contributed by atoms with Crippen LogP contribution >= 0.6 is 0 Å². The maximum Gasteiger partial charge on any atom is 0.244 e. The van der Waals surface area contributed by atoms with E-state index in [0.717, 1.165) is 0 Å². The zero-order chi connectivity index (χ0) is 17.0. The summed E-state index contributed by atoms with van der Waals surface area (Å²) in [5, 5.41) is 3.80. The van der Waals surface area contributed by atoms with Crippen molar-refractivity contribution in [2.24, 2.45) is 0 Å². The van der Waals surface area contributed by atoms with Crippen LogP contribution in [-0.4, -0.2) is 53.5 Å². The predicted octanol–water partition coefficient (Wildman–Crippen LogP) is 1.82. The number of likely N-dealkylation sites (N-methyl/N-ethyl adjacent to an activating group) is 2. The summed E-state index contributed by atoms with van der Waals surface area (Å²) in [4.78, 5) is 20.1. The molecule has 0 fully saturated rings. The van der Waals surface area contributed by atoms with E-state index < -0.39 is 6.04 Å². The van der Waals surface area contributed by atoms with E-state index in [1.807, 2.05) is 0 Å². The molecule has 0 radical (unpaired) electrons. The van der Waals surface area contributed by atoms with Gasteiger partial charge in [-0.05, 0) is 20.2 Å².